The van der Waals surface area contributed by atoms with Gasteiger partial charge >= 0.3 is 0 Å². The third-order valence-corrected chi connectivity index (χ3v) is 4.91. The van der Waals surface area contributed by atoms with E-state index < -0.39 is 5.82 Å². The molecule has 1 aromatic heterocycles. The number of carbonyl (C=O) groups excluding carboxylic acids is 1. The van der Waals surface area contributed by atoms with Crippen LogP contribution in [-0.2, 0) is 19.7 Å². The summed E-state index contributed by atoms with van der Waals surface area (Å²) in [6, 6.07) is 13.9. The van der Waals surface area contributed by atoms with Crippen molar-refractivity contribution in [2.75, 3.05) is 6.54 Å². The molecule has 29 heavy (non-hydrogen) atoms. The van der Waals surface area contributed by atoms with Gasteiger partial charge in [0.25, 0.3) is 5.91 Å². The summed E-state index contributed by atoms with van der Waals surface area (Å²) in [6.07, 6.45) is 0. The summed E-state index contributed by atoms with van der Waals surface area (Å²) in [7, 11) is 0. The average molecular weight is 390 g/mol. The lowest BCUT2D eigenvalue weighted by Crippen LogP contribution is -2.38. The van der Waals surface area contributed by atoms with Crippen LogP contribution in [0.5, 0.6) is 5.88 Å². The molecule has 0 aliphatic carbocycles. The Morgan fingerprint density at radius 3 is 2.90 bits per heavy atom. The third kappa shape index (κ3) is 3.83. The summed E-state index contributed by atoms with van der Waals surface area (Å²) >= 11 is 0. The number of hydrogen-bond acceptors (Lipinski definition) is 3. The highest BCUT2D eigenvalue weighted by molar-refractivity contribution is 5.94. The standard InChI is InChI=1S/C22H19FN4O2/c1-15-5-3-8-19(21(15)23)22(28)26-9-10-27-18(13-26)12-20(25-27)29-14-16-6-4-7-17(11-16)24-2/h3-8,11-12H,9-10,13-14H2,1H3. The first-order valence-corrected chi connectivity index (χ1v) is 9.25. The first-order chi connectivity index (χ1) is 14.0. The fourth-order valence-corrected chi connectivity index (χ4v) is 3.34. The normalized spacial score (nSPS) is 12.9. The zero-order valence-electron chi connectivity index (χ0n) is 15.9. The topological polar surface area (TPSA) is 51.7 Å². The summed E-state index contributed by atoms with van der Waals surface area (Å²) in [6.45, 7) is 10.3. The van der Waals surface area contributed by atoms with Crippen LogP contribution >= 0.6 is 0 Å². The van der Waals surface area contributed by atoms with Gasteiger partial charge in [-0.15, -0.1) is 5.10 Å². The molecule has 0 saturated heterocycles. The van der Waals surface area contributed by atoms with Crippen LogP contribution in [0.15, 0.2) is 48.5 Å². The maximum Gasteiger partial charge on any atom is 0.257 e. The number of aromatic nitrogens is 2. The molecule has 1 aliphatic rings. The Hall–Kier alpha value is -3.66. The van der Waals surface area contributed by atoms with Crippen molar-refractivity contribution in [3.05, 3.63) is 88.1 Å². The SMILES string of the molecule is [C-]#[N+]c1cccc(COc2cc3n(n2)CCN(C(=O)c2cccc(C)c2F)C3)c1. The number of aryl methyl sites for hydroxylation is 1. The molecule has 6 nitrogen and oxygen atoms in total. The molecular weight excluding hydrogens is 371 g/mol. The number of hydrogen-bond donors (Lipinski definition) is 0. The number of benzene rings is 2. The van der Waals surface area contributed by atoms with Gasteiger partial charge < -0.3 is 9.64 Å². The van der Waals surface area contributed by atoms with Gasteiger partial charge in [-0.1, -0.05) is 30.3 Å². The maximum absolute atomic E-state index is 14.3. The third-order valence-electron chi connectivity index (χ3n) is 4.91. The van der Waals surface area contributed by atoms with Crippen LogP contribution in [0.25, 0.3) is 4.85 Å². The van der Waals surface area contributed by atoms with Crippen LogP contribution in [0.3, 0.4) is 0 Å². The van der Waals surface area contributed by atoms with Crippen molar-refractivity contribution in [2.45, 2.75) is 26.6 Å². The summed E-state index contributed by atoms with van der Waals surface area (Å²) in [4.78, 5) is 17.8. The van der Waals surface area contributed by atoms with Crippen LogP contribution in [0.1, 0.15) is 27.2 Å². The molecule has 146 valence electrons. The number of nitrogens with zero attached hydrogens (tertiary/aromatic N) is 4. The smallest absolute Gasteiger partial charge is 0.257 e. The Labute approximate surface area is 168 Å². The van der Waals surface area contributed by atoms with Crippen molar-refractivity contribution in [2.24, 2.45) is 0 Å². The van der Waals surface area contributed by atoms with E-state index in [1.165, 1.54) is 6.07 Å². The second-order valence-electron chi connectivity index (χ2n) is 6.93. The highest BCUT2D eigenvalue weighted by Crippen LogP contribution is 2.22. The lowest BCUT2D eigenvalue weighted by Gasteiger charge is -2.27. The minimum Gasteiger partial charge on any atom is -0.472 e. The number of amides is 1. The van der Waals surface area contributed by atoms with Gasteiger partial charge in [0.2, 0.25) is 5.88 Å². The molecule has 0 saturated carbocycles. The quantitative estimate of drug-likeness (QED) is 0.630. The van der Waals surface area contributed by atoms with E-state index in [4.69, 9.17) is 11.3 Å². The van der Waals surface area contributed by atoms with Gasteiger partial charge in [0.15, 0.2) is 5.69 Å². The lowest BCUT2D eigenvalue weighted by atomic mass is 10.1. The first kappa shape index (κ1) is 18.7. The number of halogens is 1. The fourth-order valence-electron chi connectivity index (χ4n) is 3.34. The van der Waals surface area contributed by atoms with Gasteiger partial charge in [-0.05, 0) is 30.2 Å². The Morgan fingerprint density at radius 2 is 2.07 bits per heavy atom. The monoisotopic (exact) mass is 390 g/mol. The van der Waals surface area contributed by atoms with E-state index in [1.54, 1.807) is 46.8 Å². The van der Waals surface area contributed by atoms with E-state index in [0.717, 1.165) is 11.3 Å². The van der Waals surface area contributed by atoms with Crippen molar-refractivity contribution < 1.29 is 13.9 Å². The van der Waals surface area contributed by atoms with Crippen molar-refractivity contribution in [3.8, 4) is 5.88 Å². The van der Waals surface area contributed by atoms with Crippen LogP contribution in [-0.4, -0.2) is 27.1 Å². The molecule has 3 aromatic rings. The van der Waals surface area contributed by atoms with E-state index in [2.05, 4.69) is 9.94 Å². The molecule has 0 atom stereocenters. The van der Waals surface area contributed by atoms with Crippen LogP contribution in [0, 0.1) is 19.3 Å². The van der Waals surface area contributed by atoms with E-state index >= 15 is 0 Å². The van der Waals surface area contributed by atoms with Crippen LogP contribution in [0.2, 0.25) is 0 Å². The van der Waals surface area contributed by atoms with Crippen LogP contribution < -0.4 is 4.74 Å². The zero-order chi connectivity index (χ0) is 20.4. The highest BCUT2D eigenvalue weighted by atomic mass is 19.1. The average Bonchev–Trinajstić information content (AvgIpc) is 3.16. The van der Waals surface area contributed by atoms with Crippen molar-refractivity contribution >= 4 is 11.6 Å². The van der Waals surface area contributed by atoms with Gasteiger partial charge in [0.1, 0.15) is 12.4 Å². The molecule has 0 spiro atoms. The molecule has 2 heterocycles. The van der Waals surface area contributed by atoms with Gasteiger partial charge in [0, 0.05) is 12.6 Å². The molecule has 0 N–H and O–H groups in total. The van der Waals surface area contributed by atoms with E-state index in [1.807, 2.05) is 12.1 Å². The zero-order valence-corrected chi connectivity index (χ0v) is 15.9. The van der Waals surface area contributed by atoms with Crippen molar-refractivity contribution in [1.82, 2.24) is 14.7 Å². The Bertz CT molecular complexity index is 1120. The first-order valence-electron chi connectivity index (χ1n) is 9.25. The van der Waals surface area contributed by atoms with Gasteiger partial charge in [-0.3, -0.25) is 9.48 Å². The Balaban J connectivity index is 1.45. The van der Waals surface area contributed by atoms with E-state index in [-0.39, 0.29) is 11.5 Å². The molecule has 7 heteroatoms. The molecular formula is C22H19FN4O2. The number of ether oxygens (including phenoxy) is 1. The van der Waals surface area contributed by atoms with Gasteiger partial charge in [-0.25, -0.2) is 9.24 Å². The number of fused-ring (bicyclic) bond motifs is 1. The second-order valence-corrected chi connectivity index (χ2v) is 6.93. The van der Waals surface area contributed by atoms with Crippen LogP contribution in [0.4, 0.5) is 10.1 Å². The summed E-state index contributed by atoms with van der Waals surface area (Å²) < 4.78 is 21.9. The maximum atomic E-state index is 14.3. The minimum atomic E-state index is -0.470. The summed E-state index contributed by atoms with van der Waals surface area (Å²) in [5, 5.41) is 4.43. The molecule has 2 aromatic carbocycles. The predicted molar refractivity (Wildman–Crippen MR) is 105 cm³/mol. The number of carbonyl (C=O) groups is 1. The van der Waals surface area contributed by atoms with Crippen molar-refractivity contribution in [3.63, 3.8) is 0 Å². The molecule has 0 bridgehead atoms. The molecule has 4 rings (SSSR count). The van der Waals surface area contributed by atoms with E-state index in [0.29, 0.717) is 43.4 Å². The van der Waals surface area contributed by atoms with Crippen molar-refractivity contribution in [1.29, 1.82) is 0 Å². The van der Waals surface area contributed by atoms with Gasteiger partial charge in [0.05, 0.1) is 30.9 Å². The molecule has 1 aliphatic heterocycles. The van der Waals surface area contributed by atoms with Gasteiger partial charge in [-0.2, -0.15) is 0 Å². The number of rotatable bonds is 4. The molecule has 1 amide bonds. The summed E-state index contributed by atoms with van der Waals surface area (Å²) in [5.74, 6) is -0.330. The largest absolute Gasteiger partial charge is 0.472 e. The Morgan fingerprint density at radius 1 is 1.24 bits per heavy atom. The minimum absolute atomic E-state index is 0.0918. The molecule has 0 fully saturated rings. The lowest BCUT2D eigenvalue weighted by molar-refractivity contribution is 0.0701. The fraction of sp³-hybridized carbons (Fsp3) is 0.227. The predicted octanol–water partition coefficient (Wildman–Crippen LogP) is 4.12. The highest BCUT2D eigenvalue weighted by Gasteiger charge is 2.25. The van der Waals surface area contributed by atoms with E-state index in [9.17, 15) is 9.18 Å². The molecule has 0 radical (unpaired) electrons. The molecule has 0 unspecified atom stereocenters. The Kier molecular flexibility index (Phi) is 5.00. The summed E-state index contributed by atoms with van der Waals surface area (Å²) in [5.41, 5.74) is 2.83. The second kappa shape index (κ2) is 7.76.